The second kappa shape index (κ2) is 5.41. The summed E-state index contributed by atoms with van der Waals surface area (Å²) in [6.45, 7) is 1.95. The third-order valence-electron chi connectivity index (χ3n) is 2.04. The molecule has 0 aliphatic carbocycles. The van der Waals surface area contributed by atoms with Crippen LogP contribution in [0.2, 0.25) is 5.02 Å². The standard InChI is InChI=1S/C12H11ClN4/c1-2-3-4-5-12-14-16-17(15-12)11-8-6-10(13)7-9-11/h2-9H,1H3/b3-2+,5-4-. The Kier molecular flexibility index (Phi) is 3.67. The molecule has 0 N–H and O–H groups in total. The second-order valence-electron chi connectivity index (χ2n) is 3.30. The Morgan fingerprint density at radius 1 is 1.18 bits per heavy atom. The van der Waals surface area contributed by atoms with E-state index < -0.39 is 0 Å². The summed E-state index contributed by atoms with van der Waals surface area (Å²) in [5.74, 6) is 0.568. The van der Waals surface area contributed by atoms with Gasteiger partial charge >= 0.3 is 0 Å². The number of benzene rings is 1. The molecule has 0 saturated heterocycles. The Morgan fingerprint density at radius 2 is 1.94 bits per heavy atom. The summed E-state index contributed by atoms with van der Waals surface area (Å²) in [4.78, 5) is 1.46. The number of aromatic nitrogens is 4. The predicted molar refractivity (Wildman–Crippen MR) is 68.0 cm³/mol. The van der Waals surface area contributed by atoms with Crippen LogP contribution in [0, 0.1) is 0 Å². The van der Waals surface area contributed by atoms with Crippen molar-refractivity contribution >= 4 is 17.7 Å². The number of allylic oxidation sites excluding steroid dienone is 3. The fourth-order valence-corrected chi connectivity index (χ4v) is 1.35. The molecule has 0 atom stereocenters. The average Bonchev–Trinajstić information content (AvgIpc) is 2.79. The molecule has 5 heteroatoms. The van der Waals surface area contributed by atoms with Gasteiger partial charge < -0.3 is 0 Å². The van der Waals surface area contributed by atoms with Crippen LogP contribution in [0.1, 0.15) is 12.7 Å². The monoisotopic (exact) mass is 246 g/mol. The molecule has 17 heavy (non-hydrogen) atoms. The van der Waals surface area contributed by atoms with Crippen LogP contribution < -0.4 is 0 Å². The first-order valence-corrected chi connectivity index (χ1v) is 5.53. The van der Waals surface area contributed by atoms with Gasteiger partial charge in [0.2, 0.25) is 0 Å². The minimum absolute atomic E-state index is 0.568. The first-order valence-electron chi connectivity index (χ1n) is 5.15. The molecule has 2 aromatic rings. The third kappa shape index (κ3) is 3.01. The van der Waals surface area contributed by atoms with E-state index in [0.717, 1.165) is 5.69 Å². The molecule has 4 nitrogen and oxygen atoms in total. The van der Waals surface area contributed by atoms with E-state index in [4.69, 9.17) is 11.6 Å². The number of rotatable bonds is 3. The highest BCUT2D eigenvalue weighted by Gasteiger charge is 2.01. The van der Waals surface area contributed by atoms with Crippen molar-refractivity contribution in [1.82, 2.24) is 20.2 Å². The first kappa shape index (κ1) is 11.5. The molecule has 0 aliphatic rings. The highest BCUT2D eigenvalue weighted by Crippen LogP contribution is 2.11. The zero-order valence-corrected chi connectivity index (χ0v) is 10.0. The lowest BCUT2D eigenvalue weighted by molar-refractivity contribution is 0.719. The van der Waals surface area contributed by atoms with Crippen molar-refractivity contribution in [3.63, 3.8) is 0 Å². The van der Waals surface area contributed by atoms with E-state index in [-0.39, 0.29) is 0 Å². The van der Waals surface area contributed by atoms with Gasteiger partial charge in [0.1, 0.15) is 0 Å². The Bertz CT molecular complexity index is 540. The van der Waals surface area contributed by atoms with E-state index >= 15 is 0 Å². The fourth-order valence-electron chi connectivity index (χ4n) is 1.23. The van der Waals surface area contributed by atoms with Crippen LogP contribution in [0.4, 0.5) is 0 Å². The van der Waals surface area contributed by atoms with Crippen LogP contribution in [0.15, 0.2) is 42.5 Å². The number of nitrogens with zero attached hydrogens (tertiary/aromatic N) is 4. The van der Waals surface area contributed by atoms with Crippen molar-refractivity contribution in [3.8, 4) is 5.69 Å². The maximum Gasteiger partial charge on any atom is 0.198 e. The van der Waals surface area contributed by atoms with Crippen LogP contribution in [-0.2, 0) is 0 Å². The molecule has 0 saturated carbocycles. The topological polar surface area (TPSA) is 43.6 Å². The highest BCUT2D eigenvalue weighted by molar-refractivity contribution is 6.30. The molecular weight excluding hydrogens is 236 g/mol. The Balaban J connectivity index is 2.20. The van der Waals surface area contributed by atoms with Gasteiger partial charge in [-0.2, -0.15) is 0 Å². The van der Waals surface area contributed by atoms with Crippen molar-refractivity contribution in [2.45, 2.75) is 6.92 Å². The molecule has 0 aliphatic heterocycles. The molecule has 0 unspecified atom stereocenters. The molecule has 1 aromatic carbocycles. The van der Waals surface area contributed by atoms with E-state index in [9.17, 15) is 0 Å². The maximum absolute atomic E-state index is 5.80. The summed E-state index contributed by atoms with van der Waals surface area (Å²) in [6.07, 6.45) is 7.49. The van der Waals surface area contributed by atoms with Gasteiger partial charge in [0, 0.05) is 5.02 Å². The van der Waals surface area contributed by atoms with Gasteiger partial charge in [-0.3, -0.25) is 0 Å². The minimum atomic E-state index is 0.568. The molecule has 0 fully saturated rings. The minimum Gasteiger partial charge on any atom is -0.131 e. The maximum atomic E-state index is 5.80. The van der Waals surface area contributed by atoms with Gasteiger partial charge in [0.25, 0.3) is 0 Å². The number of halogens is 1. The van der Waals surface area contributed by atoms with E-state index in [1.54, 1.807) is 18.2 Å². The molecule has 0 amide bonds. The van der Waals surface area contributed by atoms with Crippen molar-refractivity contribution in [1.29, 1.82) is 0 Å². The number of hydrogen-bond donors (Lipinski definition) is 0. The lowest BCUT2D eigenvalue weighted by Gasteiger charge is -1.96. The molecule has 2 rings (SSSR count). The van der Waals surface area contributed by atoms with Crippen molar-refractivity contribution in [2.75, 3.05) is 0 Å². The summed E-state index contributed by atoms with van der Waals surface area (Å²) in [5.41, 5.74) is 0.826. The van der Waals surface area contributed by atoms with Crippen LogP contribution >= 0.6 is 11.6 Å². The highest BCUT2D eigenvalue weighted by atomic mass is 35.5. The average molecular weight is 247 g/mol. The van der Waals surface area contributed by atoms with E-state index in [0.29, 0.717) is 10.8 Å². The van der Waals surface area contributed by atoms with Crippen LogP contribution in [0.5, 0.6) is 0 Å². The molecule has 0 spiro atoms. The normalized spacial score (nSPS) is 11.6. The zero-order chi connectivity index (χ0) is 12.1. The fraction of sp³-hybridized carbons (Fsp3) is 0.0833. The van der Waals surface area contributed by atoms with E-state index in [1.165, 1.54) is 4.80 Å². The van der Waals surface area contributed by atoms with Crippen LogP contribution in [-0.4, -0.2) is 20.2 Å². The van der Waals surface area contributed by atoms with Crippen LogP contribution in [0.25, 0.3) is 11.8 Å². The summed E-state index contributed by atoms with van der Waals surface area (Å²) in [6, 6.07) is 7.25. The lowest BCUT2D eigenvalue weighted by Crippen LogP contribution is -1.98. The SMILES string of the molecule is C/C=C/C=C\c1nnn(-c2ccc(Cl)cc2)n1. The summed E-state index contributed by atoms with van der Waals surface area (Å²) in [7, 11) is 0. The third-order valence-corrected chi connectivity index (χ3v) is 2.29. The summed E-state index contributed by atoms with van der Waals surface area (Å²) in [5, 5.41) is 12.8. The van der Waals surface area contributed by atoms with Crippen molar-refractivity contribution < 1.29 is 0 Å². The molecule has 86 valence electrons. The Morgan fingerprint density at radius 3 is 2.65 bits per heavy atom. The smallest absolute Gasteiger partial charge is 0.131 e. The molecule has 0 radical (unpaired) electrons. The Hall–Kier alpha value is -1.94. The van der Waals surface area contributed by atoms with Gasteiger partial charge in [0.15, 0.2) is 5.82 Å². The zero-order valence-electron chi connectivity index (χ0n) is 9.29. The first-order chi connectivity index (χ1) is 8.29. The largest absolute Gasteiger partial charge is 0.198 e. The van der Waals surface area contributed by atoms with Gasteiger partial charge in [-0.15, -0.1) is 15.0 Å². The van der Waals surface area contributed by atoms with Gasteiger partial charge in [-0.05, 0) is 42.5 Å². The summed E-state index contributed by atoms with van der Waals surface area (Å²) < 4.78 is 0. The predicted octanol–water partition coefficient (Wildman–Crippen LogP) is 2.91. The number of hydrogen-bond acceptors (Lipinski definition) is 3. The lowest BCUT2D eigenvalue weighted by atomic mass is 10.3. The van der Waals surface area contributed by atoms with Crippen molar-refractivity contribution in [3.05, 3.63) is 53.3 Å². The van der Waals surface area contributed by atoms with Crippen LogP contribution in [0.3, 0.4) is 0 Å². The van der Waals surface area contributed by atoms with Gasteiger partial charge in [-0.25, -0.2) is 0 Å². The van der Waals surface area contributed by atoms with Crippen molar-refractivity contribution in [2.24, 2.45) is 0 Å². The summed E-state index contributed by atoms with van der Waals surface area (Å²) >= 11 is 5.80. The molecule has 1 aromatic heterocycles. The number of tetrazole rings is 1. The molecule has 1 heterocycles. The van der Waals surface area contributed by atoms with E-state index in [1.807, 2.05) is 37.3 Å². The van der Waals surface area contributed by atoms with Gasteiger partial charge in [-0.1, -0.05) is 29.8 Å². The quantitative estimate of drug-likeness (QED) is 0.782. The van der Waals surface area contributed by atoms with E-state index in [2.05, 4.69) is 15.4 Å². The molecular formula is C12H11ClN4. The molecule has 0 bridgehead atoms. The second-order valence-corrected chi connectivity index (χ2v) is 3.73. The Labute approximate surface area is 104 Å². The van der Waals surface area contributed by atoms with Gasteiger partial charge in [0.05, 0.1) is 5.69 Å².